The van der Waals surface area contributed by atoms with Gasteiger partial charge >= 0.3 is 0 Å². The van der Waals surface area contributed by atoms with Crippen LogP contribution < -0.4 is 10.1 Å². The second-order valence-corrected chi connectivity index (χ2v) is 7.70. The van der Waals surface area contributed by atoms with Crippen molar-refractivity contribution in [3.63, 3.8) is 0 Å². The lowest BCUT2D eigenvalue weighted by Crippen LogP contribution is -2.18. The van der Waals surface area contributed by atoms with E-state index in [2.05, 4.69) is 28.5 Å². The van der Waals surface area contributed by atoms with Gasteiger partial charge in [0.2, 0.25) is 5.95 Å². The van der Waals surface area contributed by atoms with Crippen LogP contribution in [0.4, 0.5) is 5.95 Å². The lowest BCUT2D eigenvalue weighted by molar-refractivity contribution is 0.102. The molecule has 1 heterocycles. The number of rotatable bonds is 6. The largest absolute Gasteiger partial charge is 0.492 e. The molecule has 0 unspecified atom stereocenters. The fourth-order valence-corrected chi connectivity index (χ4v) is 3.91. The van der Waals surface area contributed by atoms with Gasteiger partial charge in [0.25, 0.3) is 5.91 Å². The Balaban J connectivity index is 1.37. The first-order valence-electron chi connectivity index (χ1n) is 10.6. The summed E-state index contributed by atoms with van der Waals surface area (Å²) in [5.41, 5.74) is 3.35. The van der Waals surface area contributed by atoms with E-state index in [1.165, 1.54) is 5.39 Å². The minimum absolute atomic E-state index is 0.171. The van der Waals surface area contributed by atoms with E-state index in [0.29, 0.717) is 24.7 Å². The molecule has 0 aliphatic carbocycles. The fraction of sp³-hybridized carbons (Fsp3) is 0.111. The first kappa shape index (κ1) is 19.8. The van der Waals surface area contributed by atoms with Crippen molar-refractivity contribution in [3.8, 4) is 5.75 Å². The number of imidazole rings is 1. The number of nitrogens with zero attached hydrogens (tertiary/aromatic N) is 2. The number of benzene rings is 4. The summed E-state index contributed by atoms with van der Waals surface area (Å²) in [6.45, 7) is 2.93. The molecule has 5 aromatic rings. The van der Waals surface area contributed by atoms with Crippen molar-refractivity contribution in [2.45, 2.75) is 13.5 Å². The third kappa shape index (κ3) is 3.93. The number of fused-ring (bicyclic) bond motifs is 2. The zero-order valence-electron chi connectivity index (χ0n) is 17.8. The van der Waals surface area contributed by atoms with Crippen LogP contribution in [0.3, 0.4) is 0 Å². The van der Waals surface area contributed by atoms with E-state index in [0.717, 1.165) is 27.7 Å². The highest BCUT2D eigenvalue weighted by Gasteiger charge is 2.15. The van der Waals surface area contributed by atoms with Gasteiger partial charge in [0, 0.05) is 5.56 Å². The molecule has 158 valence electrons. The van der Waals surface area contributed by atoms with Crippen LogP contribution in [0.25, 0.3) is 21.8 Å². The minimum Gasteiger partial charge on any atom is -0.492 e. The van der Waals surface area contributed by atoms with Crippen LogP contribution in [0, 0.1) is 6.92 Å². The van der Waals surface area contributed by atoms with Crippen molar-refractivity contribution in [1.29, 1.82) is 0 Å². The Bertz CT molecular complexity index is 1420. The molecule has 0 bridgehead atoms. The maximum Gasteiger partial charge on any atom is 0.258 e. The van der Waals surface area contributed by atoms with Gasteiger partial charge in [-0.05, 0) is 53.6 Å². The Morgan fingerprint density at radius 2 is 1.66 bits per heavy atom. The van der Waals surface area contributed by atoms with E-state index in [1.807, 2.05) is 84.3 Å². The second kappa shape index (κ2) is 8.55. The zero-order valence-corrected chi connectivity index (χ0v) is 17.8. The molecule has 32 heavy (non-hydrogen) atoms. The van der Waals surface area contributed by atoms with Gasteiger partial charge in [-0.1, -0.05) is 60.7 Å². The van der Waals surface area contributed by atoms with Crippen LogP contribution >= 0.6 is 0 Å². The number of nitrogens with one attached hydrogen (secondary N) is 1. The van der Waals surface area contributed by atoms with Crippen molar-refractivity contribution in [2.75, 3.05) is 11.9 Å². The smallest absolute Gasteiger partial charge is 0.258 e. The minimum atomic E-state index is -0.171. The van der Waals surface area contributed by atoms with Crippen LogP contribution in [-0.4, -0.2) is 22.1 Å². The quantitative estimate of drug-likeness (QED) is 0.375. The molecule has 0 spiro atoms. The van der Waals surface area contributed by atoms with E-state index in [1.54, 1.807) is 0 Å². The summed E-state index contributed by atoms with van der Waals surface area (Å²) in [7, 11) is 0. The predicted molar refractivity (Wildman–Crippen MR) is 128 cm³/mol. The predicted octanol–water partition coefficient (Wildman–Crippen LogP) is 5.83. The van der Waals surface area contributed by atoms with E-state index in [9.17, 15) is 4.79 Å². The Morgan fingerprint density at radius 3 is 2.53 bits per heavy atom. The number of amides is 1. The summed E-state index contributed by atoms with van der Waals surface area (Å²) in [5, 5.41) is 5.31. The summed E-state index contributed by atoms with van der Waals surface area (Å²) in [5.74, 6) is 1.16. The second-order valence-electron chi connectivity index (χ2n) is 7.70. The summed E-state index contributed by atoms with van der Waals surface area (Å²) >= 11 is 0. The van der Waals surface area contributed by atoms with E-state index in [-0.39, 0.29) is 5.91 Å². The Morgan fingerprint density at radius 1 is 0.906 bits per heavy atom. The molecule has 0 saturated heterocycles. The third-order valence-corrected chi connectivity index (χ3v) is 5.57. The third-order valence-electron chi connectivity index (χ3n) is 5.57. The molecule has 0 atom stereocenters. The number of aromatic nitrogens is 2. The number of ether oxygens (including phenoxy) is 1. The van der Waals surface area contributed by atoms with E-state index in [4.69, 9.17) is 4.74 Å². The molecule has 0 aliphatic rings. The average Bonchev–Trinajstić information content (AvgIpc) is 3.16. The van der Waals surface area contributed by atoms with Gasteiger partial charge in [0.05, 0.1) is 17.6 Å². The van der Waals surface area contributed by atoms with Gasteiger partial charge < -0.3 is 9.30 Å². The normalized spacial score (nSPS) is 11.0. The molecule has 0 saturated carbocycles. The summed E-state index contributed by atoms with van der Waals surface area (Å²) in [4.78, 5) is 17.5. The lowest BCUT2D eigenvalue weighted by atomic mass is 10.1. The number of carbonyl (C=O) groups is 1. The number of para-hydroxylation sites is 2. The fourth-order valence-electron chi connectivity index (χ4n) is 3.91. The van der Waals surface area contributed by atoms with E-state index >= 15 is 0 Å². The van der Waals surface area contributed by atoms with Crippen molar-refractivity contribution in [3.05, 3.63) is 102 Å². The van der Waals surface area contributed by atoms with Gasteiger partial charge in [0.1, 0.15) is 12.4 Å². The van der Waals surface area contributed by atoms with Crippen LogP contribution in [0.15, 0.2) is 91.0 Å². The van der Waals surface area contributed by atoms with Crippen LogP contribution in [0.1, 0.15) is 15.9 Å². The topological polar surface area (TPSA) is 56.2 Å². The number of anilines is 1. The molecule has 1 aromatic heterocycles. The monoisotopic (exact) mass is 421 g/mol. The lowest BCUT2D eigenvalue weighted by Gasteiger charge is -2.12. The maximum absolute atomic E-state index is 12.9. The first-order valence-corrected chi connectivity index (χ1v) is 10.6. The van der Waals surface area contributed by atoms with Crippen molar-refractivity contribution in [2.24, 2.45) is 0 Å². The van der Waals surface area contributed by atoms with Crippen LogP contribution in [0.5, 0.6) is 5.75 Å². The SMILES string of the molecule is Cc1ccccc1C(=O)Nc1nc2ccccc2n1CCOc1ccc2ccccc2c1. The highest BCUT2D eigenvalue weighted by molar-refractivity contribution is 6.05. The van der Waals surface area contributed by atoms with Gasteiger partial charge in [-0.15, -0.1) is 0 Å². The van der Waals surface area contributed by atoms with Crippen molar-refractivity contribution in [1.82, 2.24) is 9.55 Å². The van der Waals surface area contributed by atoms with Crippen LogP contribution in [-0.2, 0) is 6.54 Å². The molecule has 4 aromatic carbocycles. The summed E-state index contributed by atoms with van der Waals surface area (Å²) < 4.78 is 8.03. The van der Waals surface area contributed by atoms with Gasteiger partial charge in [-0.2, -0.15) is 0 Å². The van der Waals surface area contributed by atoms with Gasteiger partial charge in [-0.25, -0.2) is 4.98 Å². The highest BCUT2D eigenvalue weighted by Crippen LogP contribution is 2.23. The number of carbonyl (C=O) groups excluding carboxylic acids is 1. The molecule has 0 fully saturated rings. The summed E-state index contributed by atoms with van der Waals surface area (Å²) in [6, 6.07) is 29.7. The molecule has 1 N–H and O–H groups in total. The Labute approximate surface area is 186 Å². The Kier molecular flexibility index (Phi) is 5.30. The van der Waals surface area contributed by atoms with Crippen LogP contribution in [0.2, 0.25) is 0 Å². The standard InChI is InChI=1S/C27H23N3O2/c1-19-8-2-5-11-23(19)26(31)29-27-28-24-12-6-7-13-25(24)30(27)16-17-32-22-15-14-20-9-3-4-10-21(20)18-22/h2-15,18H,16-17H2,1H3,(H,28,29,31). The number of aryl methyl sites for hydroxylation is 1. The molecular formula is C27H23N3O2. The molecular weight excluding hydrogens is 398 g/mol. The molecule has 5 rings (SSSR count). The zero-order chi connectivity index (χ0) is 21.9. The average molecular weight is 422 g/mol. The van der Waals surface area contributed by atoms with Gasteiger partial charge in [-0.3, -0.25) is 10.1 Å². The number of hydrogen-bond donors (Lipinski definition) is 1. The highest BCUT2D eigenvalue weighted by atomic mass is 16.5. The van der Waals surface area contributed by atoms with Crippen molar-refractivity contribution >= 4 is 33.7 Å². The van der Waals surface area contributed by atoms with Gasteiger partial charge in [0.15, 0.2) is 0 Å². The molecule has 0 aliphatic heterocycles. The first-order chi connectivity index (χ1) is 15.7. The van der Waals surface area contributed by atoms with E-state index < -0.39 is 0 Å². The molecule has 0 radical (unpaired) electrons. The van der Waals surface area contributed by atoms with Crippen molar-refractivity contribution < 1.29 is 9.53 Å². The maximum atomic E-state index is 12.9. The summed E-state index contributed by atoms with van der Waals surface area (Å²) in [6.07, 6.45) is 0. The molecule has 5 nitrogen and oxygen atoms in total. The number of hydrogen-bond acceptors (Lipinski definition) is 3. The molecule has 5 heteroatoms. The molecule has 1 amide bonds. The Hall–Kier alpha value is -4.12.